The van der Waals surface area contributed by atoms with Gasteiger partial charge in [0.25, 0.3) is 5.91 Å². The van der Waals surface area contributed by atoms with Gasteiger partial charge in [-0.1, -0.05) is 92.3 Å². The third-order valence-corrected chi connectivity index (χ3v) is 9.54. The molecule has 1 fully saturated rings. The molecule has 0 aliphatic carbocycles. The lowest BCUT2D eigenvalue weighted by Crippen LogP contribution is -2.45. The Hall–Kier alpha value is -3.23. The van der Waals surface area contributed by atoms with Crippen LogP contribution in [0.2, 0.25) is 10.0 Å². The second-order valence-electron chi connectivity index (χ2n) is 14.6. The Bertz CT molecular complexity index is 1990. The van der Waals surface area contributed by atoms with Crippen LogP contribution in [0.1, 0.15) is 91.2 Å². The smallest absolute Gasteiger partial charge is 0.442 e. The van der Waals surface area contributed by atoms with Crippen LogP contribution in [-0.4, -0.2) is 68.9 Å². The summed E-state index contributed by atoms with van der Waals surface area (Å²) in [5.41, 5.74) is 2.36. The Kier molecular flexibility index (Phi) is 17.9. The lowest BCUT2D eigenvalue weighted by Gasteiger charge is -2.29. The van der Waals surface area contributed by atoms with Crippen molar-refractivity contribution in [3.63, 3.8) is 0 Å². The molecule has 1 saturated heterocycles. The second kappa shape index (κ2) is 21.2. The van der Waals surface area contributed by atoms with Crippen LogP contribution in [0.25, 0.3) is 5.69 Å². The number of amides is 2. The third kappa shape index (κ3) is 12.9. The number of alkyl halides is 3. The molecule has 2 amide bonds. The maximum absolute atomic E-state index is 12.1. The van der Waals surface area contributed by atoms with Gasteiger partial charge in [-0.2, -0.15) is 4.68 Å². The maximum Gasteiger partial charge on any atom is 0.442 e. The molecule has 0 N–H and O–H groups in total. The first kappa shape index (κ1) is 48.1. The predicted molar refractivity (Wildman–Crippen MR) is 226 cm³/mol. The summed E-state index contributed by atoms with van der Waals surface area (Å²) in [5, 5.41) is 4.88. The van der Waals surface area contributed by atoms with E-state index in [4.69, 9.17) is 81.0 Å². The zero-order valence-electron chi connectivity index (χ0n) is 33.8. The first-order valence-electron chi connectivity index (χ1n) is 18.3. The molecule has 5 rings (SSSR count). The van der Waals surface area contributed by atoms with Crippen molar-refractivity contribution in [2.75, 3.05) is 30.7 Å². The van der Waals surface area contributed by atoms with Crippen molar-refractivity contribution in [1.82, 2.24) is 14.7 Å². The normalized spacial score (nSPS) is 14.9. The van der Waals surface area contributed by atoms with Gasteiger partial charge >= 0.3 is 5.76 Å². The highest BCUT2D eigenvalue weighted by atomic mass is 35.5. The van der Waals surface area contributed by atoms with Crippen molar-refractivity contribution >= 4 is 75.5 Å². The van der Waals surface area contributed by atoms with Crippen LogP contribution < -0.4 is 15.4 Å². The molecular weight excluding hydrogens is 842 g/mol. The van der Waals surface area contributed by atoms with Crippen molar-refractivity contribution in [3.8, 4) is 11.4 Å². The molecule has 4 aromatic rings. The number of aryl methyl sites for hydroxylation is 2. The molecule has 314 valence electrons. The van der Waals surface area contributed by atoms with Gasteiger partial charge < -0.3 is 27.9 Å². The Morgan fingerprint density at radius 1 is 1.07 bits per heavy atom. The van der Waals surface area contributed by atoms with Gasteiger partial charge in [-0.05, 0) is 77.3 Å². The summed E-state index contributed by atoms with van der Waals surface area (Å²) in [6.45, 7) is 20.2. The van der Waals surface area contributed by atoms with Crippen molar-refractivity contribution in [3.05, 3.63) is 92.1 Å². The topological polar surface area (TPSA) is 129 Å². The van der Waals surface area contributed by atoms with E-state index in [9.17, 15) is 14.4 Å². The fourth-order valence-corrected chi connectivity index (χ4v) is 6.48. The quantitative estimate of drug-likeness (QED) is 0.107. The average molecular weight is 893 g/mol. The number of carbonyl (C=O) groups excluding carboxylic acids is 2. The molecule has 1 unspecified atom stereocenters. The number of hydrogen-bond donors (Lipinski definition) is 0. The summed E-state index contributed by atoms with van der Waals surface area (Å²) in [6.07, 6.45) is 2.10. The van der Waals surface area contributed by atoms with Gasteiger partial charge in [0, 0.05) is 18.1 Å². The van der Waals surface area contributed by atoms with Gasteiger partial charge in [0.2, 0.25) is 11.8 Å². The molecule has 1 aliphatic heterocycles. The average Bonchev–Trinajstić information content (AvgIpc) is 3.89. The van der Waals surface area contributed by atoms with Gasteiger partial charge in [-0.15, -0.1) is 16.7 Å². The number of benzene rings is 2. The van der Waals surface area contributed by atoms with Gasteiger partial charge in [0.1, 0.15) is 35.9 Å². The minimum Gasteiger partial charge on any atom is -0.489 e. The number of halogens is 5. The van der Waals surface area contributed by atoms with E-state index < -0.39 is 16.3 Å². The lowest BCUT2D eigenvalue weighted by molar-refractivity contribution is -0.144. The number of rotatable bonds is 11. The van der Waals surface area contributed by atoms with Crippen LogP contribution in [-0.2, 0) is 30.9 Å². The van der Waals surface area contributed by atoms with Crippen LogP contribution in [0, 0.1) is 6.92 Å². The molecule has 0 saturated carbocycles. The molecule has 3 heterocycles. The number of para-hydroxylation sites is 1. The first-order chi connectivity index (χ1) is 26.7. The molecule has 0 bridgehead atoms. The molecule has 1 aliphatic rings. The fourth-order valence-electron chi connectivity index (χ4n) is 5.60. The standard InChI is InChI=1S/C15H18Cl2N2O3.C14H20ClNO2.C11H13Cl2NO3/c1-8(2)21-12-7-11(9(16)6-10(12)17)19-14(20)22-13(18-19)15(3,4)5;1-4-12-8-6-7-11(3)14(12)16(10-18-5-2)13(17)9-15;1-11(2)14(10(15)9(12)13)6-8(17-11)7-4-3-5-16-7/h6-8H,1-5H3;6-8H,4-5,9-10H2,1-3H3;3-5,8-9H,6H2,1-2H3. The maximum atomic E-state index is 12.1. The van der Waals surface area contributed by atoms with E-state index in [-0.39, 0.29) is 47.1 Å². The van der Waals surface area contributed by atoms with Crippen molar-refractivity contribution < 1.29 is 32.6 Å². The van der Waals surface area contributed by atoms with Crippen molar-refractivity contribution in [1.29, 1.82) is 0 Å². The van der Waals surface area contributed by atoms with Gasteiger partial charge in [0.05, 0.1) is 40.3 Å². The van der Waals surface area contributed by atoms with E-state index in [0.717, 1.165) is 27.9 Å². The van der Waals surface area contributed by atoms with Crippen molar-refractivity contribution in [2.24, 2.45) is 0 Å². The van der Waals surface area contributed by atoms with Gasteiger partial charge in [-0.3, -0.25) is 14.5 Å². The van der Waals surface area contributed by atoms with E-state index >= 15 is 0 Å². The Morgan fingerprint density at radius 3 is 2.28 bits per heavy atom. The number of furan rings is 1. The first-order valence-corrected chi connectivity index (χ1v) is 20.4. The number of nitrogens with zero attached hydrogens (tertiary/aromatic N) is 4. The van der Waals surface area contributed by atoms with Gasteiger partial charge in [-0.25, -0.2) is 4.79 Å². The molecule has 2 aromatic carbocycles. The summed E-state index contributed by atoms with van der Waals surface area (Å²) in [4.78, 5) is 37.9. The van der Waals surface area contributed by atoms with Crippen LogP contribution in [0.15, 0.2) is 62.4 Å². The van der Waals surface area contributed by atoms with E-state index in [1.165, 1.54) is 11.0 Å². The minimum atomic E-state index is -1.08. The second-order valence-corrected chi connectivity index (χ2v) is 16.7. The lowest BCUT2D eigenvalue weighted by atomic mass is 9.97. The molecule has 0 spiro atoms. The zero-order valence-corrected chi connectivity index (χ0v) is 37.6. The highest BCUT2D eigenvalue weighted by molar-refractivity contribution is 6.53. The molecule has 12 nitrogen and oxygen atoms in total. The molecule has 0 radical (unpaired) electrons. The van der Waals surface area contributed by atoms with Gasteiger partial charge in [0.15, 0.2) is 4.84 Å². The van der Waals surface area contributed by atoms with Crippen LogP contribution in [0.5, 0.6) is 5.75 Å². The number of hydrogen-bond acceptors (Lipinski definition) is 9. The molecule has 2 aromatic heterocycles. The highest BCUT2D eigenvalue weighted by Gasteiger charge is 2.45. The molecular formula is C40H51Cl5N4O8. The van der Waals surface area contributed by atoms with E-state index in [0.29, 0.717) is 41.3 Å². The Morgan fingerprint density at radius 2 is 1.75 bits per heavy atom. The Balaban J connectivity index is 0.000000231. The molecule has 1 atom stereocenters. The largest absolute Gasteiger partial charge is 0.489 e. The number of carbonyl (C=O) groups is 2. The summed E-state index contributed by atoms with van der Waals surface area (Å²) < 4.78 is 28.3. The third-order valence-electron chi connectivity index (χ3n) is 8.34. The van der Waals surface area contributed by atoms with E-state index in [2.05, 4.69) is 12.0 Å². The number of ether oxygens (including phenoxy) is 3. The molecule has 17 heteroatoms. The Labute approximate surface area is 359 Å². The van der Waals surface area contributed by atoms with E-state index in [1.807, 2.05) is 72.7 Å². The fraction of sp³-hybridized carbons (Fsp3) is 0.500. The van der Waals surface area contributed by atoms with Crippen LogP contribution in [0.3, 0.4) is 0 Å². The SMILES string of the molecule is CC(C)Oc1cc(-n2nc(C(C)(C)C)oc2=O)c(Cl)cc1Cl.CC1(C)OC(c2ccco2)CN1C(=O)C(Cl)Cl.CCOCN(C(=O)CCl)c1c(C)cccc1CC. The summed E-state index contributed by atoms with van der Waals surface area (Å²) in [5.74, 6) is 0.322. The minimum absolute atomic E-state index is 0.0371. The monoisotopic (exact) mass is 890 g/mol. The summed E-state index contributed by atoms with van der Waals surface area (Å²) in [7, 11) is 0. The summed E-state index contributed by atoms with van der Waals surface area (Å²) in [6, 6.07) is 12.7. The predicted octanol–water partition coefficient (Wildman–Crippen LogP) is 10.1. The number of anilines is 1. The number of aromatic nitrogens is 2. The summed E-state index contributed by atoms with van der Waals surface area (Å²) >= 11 is 29.2. The van der Waals surface area contributed by atoms with E-state index in [1.54, 1.807) is 37.1 Å². The highest BCUT2D eigenvalue weighted by Crippen LogP contribution is 2.37. The zero-order chi connectivity index (χ0) is 42.8. The molecule has 57 heavy (non-hydrogen) atoms. The van der Waals surface area contributed by atoms with Crippen LogP contribution in [0.4, 0.5) is 5.69 Å². The van der Waals surface area contributed by atoms with Crippen molar-refractivity contribution in [2.45, 2.75) is 104 Å². The van der Waals surface area contributed by atoms with Crippen LogP contribution >= 0.6 is 58.0 Å².